The molecule has 0 saturated heterocycles. The third-order valence-corrected chi connectivity index (χ3v) is 5.48. The van der Waals surface area contributed by atoms with Crippen LogP contribution in [0, 0.1) is 17.3 Å². The number of hydrogen-bond donors (Lipinski definition) is 3. The summed E-state index contributed by atoms with van der Waals surface area (Å²) in [6, 6.07) is 16.2. The number of carbonyl (C=O) groups excluding carboxylic acids is 2. The smallest absolute Gasteiger partial charge is 0.407 e. The summed E-state index contributed by atoms with van der Waals surface area (Å²) in [5.74, 6) is 3.43. The number of benzene rings is 2. The molecule has 1 aliphatic carbocycles. The van der Waals surface area contributed by atoms with Gasteiger partial charge in [-0.1, -0.05) is 54.5 Å². The second-order valence-electron chi connectivity index (χ2n) is 8.18. The molecule has 7 nitrogen and oxygen atoms in total. The first-order valence-corrected chi connectivity index (χ1v) is 10.4. The number of amides is 2. The molecule has 2 aromatic rings. The predicted octanol–water partition coefficient (Wildman–Crippen LogP) is 3.15. The lowest BCUT2D eigenvalue weighted by molar-refractivity contribution is -0.147. The molecule has 0 fully saturated rings. The average Bonchev–Trinajstić information content (AvgIpc) is 3.09. The number of nitrogens with one attached hydrogen (secondary N) is 2. The third-order valence-electron chi connectivity index (χ3n) is 5.48. The number of ether oxygens (including phenoxy) is 1. The van der Waals surface area contributed by atoms with E-state index in [4.69, 9.17) is 9.84 Å². The van der Waals surface area contributed by atoms with Crippen LogP contribution in [0.4, 0.5) is 4.79 Å². The Bertz CT molecular complexity index is 1040. The molecular formula is C25H26N2O5. The fraction of sp³-hybridized carbons (Fsp3) is 0.320. The minimum Gasteiger partial charge on any atom is -0.481 e. The molecule has 3 rings (SSSR count). The summed E-state index contributed by atoms with van der Waals surface area (Å²) in [7, 11) is 0. The van der Waals surface area contributed by atoms with Crippen LogP contribution < -0.4 is 10.6 Å². The highest BCUT2D eigenvalue weighted by Gasteiger charge is 2.29. The lowest BCUT2D eigenvalue weighted by Crippen LogP contribution is -2.31. The van der Waals surface area contributed by atoms with E-state index in [1.54, 1.807) is 13.8 Å². The molecule has 0 saturated carbocycles. The SMILES string of the molecule is CC(C)(CCNC(=O)C#CCNC(=O)OCC1c2ccccc2-c2ccccc21)C(=O)O. The van der Waals surface area contributed by atoms with E-state index in [2.05, 4.69) is 34.6 Å². The Balaban J connectivity index is 1.43. The molecule has 0 aromatic heterocycles. The fourth-order valence-corrected chi connectivity index (χ4v) is 3.53. The Hall–Kier alpha value is -3.79. The highest BCUT2D eigenvalue weighted by Crippen LogP contribution is 2.44. The lowest BCUT2D eigenvalue weighted by atomic mass is 9.90. The molecule has 0 bridgehead atoms. The van der Waals surface area contributed by atoms with Crippen molar-refractivity contribution in [3.05, 3.63) is 59.7 Å². The fourth-order valence-electron chi connectivity index (χ4n) is 3.53. The van der Waals surface area contributed by atoms with Gasteiger partial charge in [0.05, 0.1) is 12.0 Å². The highest BCUT2D eigenvalue weighted by atomic mass is 16.5. The zero-order valence-corrected chi connectivity index (χ0v) is 18.1. The number of carbonyl (C=O) groups is 3. The first-order valence-electron chi connectivity index (χ1n) is 10.4. The molecule has 1 aliphatic rings. The van der Waals surface area contributed by atoms with E-state index >= 15 is 0 Å². The maximum absolute atomic E-state index is 12.1. The summed E-state index contributed by atoms with van der Waals surface area (Å²) in [5, 5.41) is 14.1. The molecular weight excluding hydrogens is 408 g/mol. The number of alkyl carbamates (subject to hydrolysis) is 1. The molecule has 0 spiro atoms. The Morgan fingerprint density at radius 1 is 1.00 bits per heavy atom. The summed E-state index contributed by atoms with van der Waals surface area (Å²) >= 11 is 0. The van der Waals surface area contributed by atoms with Crippen molar-refractivity contribution in [1.82, 2.24) is 10.6 Å². The molecule has 3 N–H and O–H groups in total. The van der Waals surface area contributed by atoms with Crippen LogP contribution in [-0.2, 0) is 14.3 Å². The van der Waals surface area contributed by atoms with Gasteiger partial charge < -0.3 is 20.5 Å². The first-order chi connectivity index (χ1) is 15.3. The molecule has 0 unspecified atom stereocenters. The Labute approximate surface area is 187 Å². The highest BCUT2D eigenvalue weighted by molar-refractivity contribution is 5.93. The average molecular weight is 434 g/mol. The molecule has 0 heterocycles. The second-order valence-corrected chi connectivity index (χ2v) is 8.18. The maximum Gasteiger partial charge on any atom is 0.407 e. The van der Waals surface area contributed by atoms with Crippen LogP contribution in [0.3, 0.4) is 0 Å². The predicted molar refractivity (Wildman–Crippen MR) is 120 cm³/mol. The van der Waals surface area contributed by atoms with E-state index in [-0.39, 0.29) is 32.0 Å². The van der Waals surface area contributed by atoms with Crippen LogP contribution in [0.25, 0.3) is 11.1 Å². The van der Waals surface area contributed by atoms with Gasteiger partial charge in [-0.3, -0.25) is 9.59 Å². The summed E-state index contributed by atoms with van der Waals surface area (Å²) in [6.45, 7) is 3.54. The van der Waals surface area contributed by atoms with E-state index in [1.807, 2.05) is 36.4 Å². The van der Waals surface area contributed by atoms with Gasteiger partial charge in [-0.05, 0) is 48.4 Å². The van der Waals surface area contributed by atoms with Crippen LogP contribution in [0.1, 0.15) is 37.3 Å². The topological polar surface area (TPSA) is 105 Å². The van der Waals surface area contributed by atoms with Gasteiger partial charge in [-0.15, -0.1) is 0 Å². The normalized spacial score (nSPS) is 12.1. The summed E-state index contributed by atoms with van der Waals surface area (Å²) in [4.78, 5) is 34.8. The zero-order valence-electron chi connectivity index (χ0n) is 18.1. The summed E-state index contributed by atoms with van der Waals surface area (Å²) < 4.78 is 5.40. The van der Waals surface area contributed by atoms with E-state index in [9.17, 15) is 14.4 Å². The number of aliphatic carboxylic acids is 1. The second kappa shape index (κ2) is 10.0. The van der Waals surface area contributed by atoms with Crippen molar-refractivity contribution in [2.24, 2.45) is 5.41 Å². The standard InChI is InChI=1S/C25H26N2O5/c1-25(2,23(29)30)13-15-26-22(28)12-7-14-27-24(31)32-16-21-19-10-5-3-8-17(19)18-9-4-6-11-20(18)21/h3-6,8-11,21H,13-16H2,1-2H3,(H,26,28)(H,27,31)(H,29,30). The van der Waals surface area contributed by atoms with Gasteiger partial charge in [0.25, 0.3) is 5.91 Å². The van der Waals surface area contributed by atoms with Crippen LogP contribution in [-0.4, -0.2) is 42.8 Å². The molecule has 32 heavy (non-hydrogen) atoms. The van der Waals surface area contributed by atoms with Gasteiger partial charge in [0.1, 0.15) is 6.61 Å². The number of fused-ring (bicyclic) bond motifs is 3. The quantitative estimate of drug-likeness (QED) is 0.581. The van der Waals surface area contributed by atoms with Crippen LogP contribution in [0.2, 0.25) is 0 Å². The Morgan fingerprint density at radius 2 is 1.59 bits per heavy atom. The van der Waals surface area contributed by atoms with E-state index in [0.29, 0.717) is 0 Å². The van der Waals surface area contributed by atoms with Crippen molar-refractivity contribution in [2.45, 2.75) is 26.2 Å². The van der Waals surface area contributed by atoms with Crippen molar-refractivity contribution < 1.29 is 24.2 Å². The van der Waals surface area contributed by atoms with Crippen LogP contribution in [0.15, 0.2) is 48.5 Å². The molecule has 166 valence electrons. The maximum atomic E-state index is 12.1. The van der Waals surface area contributed by atoms with Gasteiger partial charge in [-0.2, -0.15) is 0 Å². The molecule has 2 amide bonds. The third kappa shape index (κ3) is 5.46. The van der Waals surface area contributed by atoms with E-state index in [1.165, 1.54) is 0 Å². The Morgan fingerprint density at radius 3 is 2.19 bits per heavy atom. The molecule has 0 atom stereocenters. The molecule has 2 aromatic carbocycles. The van der Waals surface area contributed by atoms with Crippen molar-refractivity contribution in [2.75, 3.05) is 19.7 Å². The van der Waals surface area contributed by atoms with Crippen molar-refractivity contribution in [3.63, 3.8) is 0 Å². The largest absolute Gasteiger partial charge is 0.481 e. The Kier molecular flexibility index (Phi) is 7.16. The van der Waals surface area contributed by atoms with Crippen molar-refractivity contribution >= 4 is 18.0 Å². The van der Waals surface area contributed by atoms with Crippen LogP contribution >= 0.6 is 0 Å². The number of hydrogen-bond acceptors (Lipinski definition) is 4. The van der Waals surface area contributed by atoms with Gasteiger partial charge in [0, 0.05) is 12.5 Å². The van der Waals surface area contributed by atoms with Crippen molar-refractivity contribution in [1.29, 1.82) is 0 Å². The summed E-state index contributed by atoms with van der Waals surface area (Å²) in [6.07, 6.45) is -0.321. The number of carboxylic acid groups (broad SMARTS) is 1. The number of rotatable bonds is 7. The summed E-state index contributed by atoms with van der Waals surface area (Å²) in [5.41, 5.74) is 3.64. The van der Waals surface area contributed by atoms with Gasteiger partial charge in [0.15, 0.2) is 0 Å². The zero-order chi connectivity index (χ0) is 23.1. The molecule has 0 aliphatic heterocycles. The van der Waals surface area contributed by atoms with Crippen LogP contribution in [0.5, 0.6) is 0 Å². The molecule has 7 heteroatoms. The molecule has 0 radical (unpaired) electrons. The minimum atomic E-state index is -0.926. The van der Waals surface area contributed by atoms with Crippen molar-refractivity contribution in [3.8, 4) is 23.0 Å². The number of carboxylic acids is 1. The minimum absolute atomic E-state index is 0.0277. The van der Waals surface area contributed by atoms with E-state index < -0.39 is 23.4 Å². The van der Waals surface area contributed by atoms with Gasteiger partial charge in [0.2, 0.25) is 0 Å². The van der Waals surface area contributed by atoms with Gasteiger partial charge in [-0.25, -0.2) is 4.79 Å². The lowest BCUT2D eigenvalue weighted by Gasteiger charge is -2.18. The monoisotopic (exact) mass is 434 g/mol. The van der Waals surface area contributed by atoms with Gasteiger partial charge >= 0.3 is 12.1 Å². The first kappa shape index (κ1) is 22.9. The van der Waals surface area contributed by atoms with E-state index in [0.717, 1.165) is 22.3 Å².